The smallest absolute Gasteiger partial charge is 0.299 e. The molecule has 0 bridgehead atoms. The summed E-state index contributed by atoms with van der Waals surface area (Å²) in [6.45, 7) is 4.79. The van der Waals surface area contributed by atoms with Gasteiger partial charge in [-0.1, -0.05) is 12.1 Å². The van der Waals surface area contributed by atoms with Gasteiger partial charge < -0.3 is 9.64 Å². The van der Waals surface area contributed by atoms with Gasteiger partial charge in [-0.25, -0.2) is 0 Å². The Balaban J connectivity index is 1.73. The molecule has 1 saturated heterocycles. The minimum atomic E-state index is -0.621. The van der Waals surface area contributed by atoms with E-state index in [1.807, 2.05) is 23.1 Å². The summed E-state index contributed by atoms with van der Waals surface area (Å²) in [6, 6.07) is 11.9. The van der Waals surface area contributed by atoms with Gasteiger partial charge in [-0.15, -0.1) is 0 Å². The van der Waals surface area contributed by atoms with Crippen molar-refractivity contribution in [3.05, 3.63) is 68.3 Å². The summed E-state index contributed by atoms with van der Waals surface area (Å²) in [5, 5.41) is 22.3. The van der Waals surface area contributed by atoms with Gasteiger partial charge in [-0.05, 0) is 30.7 Å². The molecule has 0 aromatic heterocycles. The number of nitrogens with zero attached hydrogens (tertiary/aromatic N) is 4. The van der Waals surface area contributed by atoms with E-state index in [-0.39, 0.29) is 17.4 Å². The highest BCUT2D eigenvalue weighted by atomic mass is 16.6. The van der Waals surface area contributed by atoms with E-state index < -0.39 is 9.85 Å². The Labute approximate surface area is 162 Å². The van der Waals surface area contributed by atoms with Gasteiger partial charge in [-0.2, -0.15) is 0 Å². The number of nitro benzene ring substituents is 2. The van der Waals surface area contributed by atoms with Crippen molar-refractivity contribution in [2.24, 2.45) is 0 Å². The summed E-state index contributed by atoms with van der Waals surface area (Å²) < 4.78 is 5.29. The van der Waals surface area contributed by atoms with E-state index in [0.717, 1.165) is 30.5 Å². The van der Waals surface area contributed by atoms with Gasteiger partial charge in [0.2, 0.25) is 0 Å². The number of benzene rings is 2. The van der Waals surface area contributed by atoms with Crippen molar-refractivity contribution in [3.8, 4) is 5.75 Å². The first-order valence-electron chi connectivity index (χ1n) is 8.96. The quantitative estimate of drug-likeness (QED) is 0.554. The molecule has 1 aliphatic rings. The monoisotopic (exact) mass is 386 g/mol. The fraction of sp³-hybridized carbons (Fsp3) is 0.368. The first-order chi connectivity index (χ1) is 13.4. The number of ether oxygens (including phenoxy) is 1. The van der Waals surface area contributed by atoms with Crippen LogP contribution in [0.2, 0.25) is 0 Å². The lowest BCUT2D eigenvalue weighted by molar-refractivity contribution is -0.393. The Morgan fingerprint density at radius 3 is 2.32 bits per heavy atom. The van der Waals surface area contributed by atoms with Crippen LogP contribution in [0.4, 0.5) is 17.1 Å². The van der Waals surface area contributed by atoms with Gasteiger partial charge >= 0.3 is 0 Å². The van der Waals surface area contributed by atoms with Crippen LogP contribution < -0.4 is 9.64 Å². The van der Waals surface area contributed by atoms with E-state index in [9.17, 15) is 20.2 Å². The number of hydrogen-bond acceptors (Lipinski definition) is 7. The van der Waals surface area contributed by atoms with Gasteiger partial charge in [0.1, 0.15) is 11.4 Å². The third-order valence-electron chi connectivity index (χ3n) is 5.15. The second kappa shape index (κ2) is 8.22. The summed E-state index contributed by atoms with van der Waals surface area (Å²) in [7, 11) is 1.64. The maximum Gasteiger partial charge on any atom is 0.299 e. The molecule has 9 heteroatoms. The number of non-ortho nitro benzene ring substituents is 1. The Hall–Kier alpha value is -3.20. The van der Waals surface area contributed by atoms with Crippen LogP contribution in [0.25, 0.3) is 0 Å². The van der Waals surface area contributed by atoms with E-state index in [1.54, 1.807) is 7.11 Å². The van der Waals surface area contributed by atoms with Gasteiger partial charge in [0.25, 0.3) is 11.4 Å². The highest BCUT2D eigenvalue weighted by molar-refractivity contribution is 5.67. The highest BCUT2D eigenvalue weighted by Crippen LogP contribution is 2.33. The highest BCUT2D eigenvalue weighted by Gasteiger charge is 2.28. The molecule has 2 aromatic rings. The second-order valence-electron chi connectivity index (χ2n) is 6.66. The molecule has 1 unspecified atom stereocenters. The number of hydrogen-bond donors (Lipinski definition) is 0. The molecule has 0 radical (unpaired) electrons. The van der Waals surface area contributed by atoms with E-state index in [0.29, 0.717) is 18.8 Å². The Bertz CT molecular complexity index is 880. The predicted octanol–water partition coefficient (Wildman–Crippen LogP) is 3.39. The topological polar surface area (TPSA) is 102 Å². The van der Waals surface area contributed by atoms with Gasteiger partial charge in [0, 0.05) is 38.3 Å². The van der Waals surface area contributed by atoms with Crippen LogP contribution in [0, 0.1) is 20.2 Å². The Kier molecular flexibility index (Phi) is 5.74. The molecule has 1 heterocycles. The number of anilines is 1. The minimum Gasteiger partial charge on any atom is -0.497 e. The first-order valence-corrected chi connectivity index (χ1v) is 8.96. The maximum atomic E-state index is 11.4. The summed E-state index contributed by atoms with van der Waals surface area (Å²) in [6.07, 6.45) is 0. The van der Waals surface area contributed by atoms with Gasteiger partial charge in [0.05, 0.1) is 23.0 Å². The largest absolute Gasteiger partial charge is 0.497 e. The first kappa shape index (κ1) is 19.6. The molecule has 148 valence electrons. The molecule has 1 atom stereocenters. The molecule has 0 saturated carbocycles. The fourth-order valence-corrected chi connectivity index (χ4v) is 3.50. The average Bonchev–Trinajstić information content (AvgIpc) is 2.72. The minimum absolute atomic E-state index is 0.184. The van der Waals surface area contributed by atoms with Crippen molar-refractivity contribution in [2.75, 3.05) is 38.2 Å². The molecular weight excluding hydrogens is 364 g/mol. The number of methoxy groups -OCH3 is 1. The zero-order valence-corrected chi connectivity index (χ0v) is 15.8. The van der Waals surface area contributed by atoms with E-state index in [4.69, 9.17) is 4.74 Å². The summed E-state index contributed by atoms with van der Waals surface area (Å²) in [5.41, 5.74) is 1.06. The lowest BCUT2D eigenvalue weighted by atomic mass is 10.1. The molecule has 0 amide bonds. The molecule has 0 spiro atoms. The summed E-state index contributed by atoms with van der Waals surface area (Å²) >= 11 is 0. The molecule has 1 aliphatic heterocycles. The third kappa shape index (κ3) is 4.04. The second-order valence-corrected chi connectivity index (χ2v) is 6.66. The van der Waals surface area contributed by atoms with E-state index >= 15 is 0 Å². The standard InChI is InChI=1S/C19H22N4O5/c1-14(15-4-3-5-17(12-15)28-2)20-8-10-21(11-9-20)18-7-6-16(22(24)25)13-19(18)23(26)27/h3-7,12-14H,8-11H2,1-2H3. The number of nitro groups is 2. The van der Waals surface area contributed by atoms with Crippen LogP contribution in [-0.4, -0.2) is 48.0 Å². The van der Waals surface area contributed by atoms with Crippen molar-refractivity contribution in [1.29, 1.82) is 0 Å². The van der Waals surface area contributed by atoms with Crippen LogP contribution in [0.5, 0.6) is 5.75 Å². The van der Waals surface area contributed by atoms with Crippen LogP contribution in [-0.2, 0) is 0 Å². The molecular formula is C19H22N4O5. The maximum absolute atomic E-state index is 11.4. The summed E-state index contributed by atoms with van der Waals surface area (Å²) in [4.78, 5) is 25.3. The zero-order valence-electron chi connectivity index (χ0n) is 15.8. The van der Waals surface area contributed by atoms with Gasteiger partial charge in [-0.3, -0.25) is 25.1 Å². The summed E-state index contributed by atoms with van der Waals surface area (Å²) in [5.74, 6) is 0.810. The van der Waals surface area contributed by atoms with Crippen LogP contribution in [0.15, 0.2) is 42.5 Å². The SMILES string of the molecule is COc1cccc(C(C)N2CCN(c3ccc([N+](=O)[O-])cc3[N+](=O)[O-])CC2)c1. The van der Waals surface area contributed by atoms with Crippen molar-refractivity contribution in [2.45, 2.75) is 13.0 Å². The molecule has 2 aromatic carbocycles. The van der Waals surface area contributed by atoms with Crippen molar-refractivity contribution < 1.29 is 14.6 Å². The number of piperazine rings is 1. The lowest BCUT2D eigenvalue weighted by Gasteiger charge is -2.39. The lowest BCUT2D eigenvalue weighted by Crippen LogP contribution is -2.47. The van der Waals surface area contributed by atoms with Crippen LogP contribution in [0.1, 0.15) is 18.5 Å². The Morgan fingerprint density at radius 2 is 1.71 bits per heavy atom. The van der Waals surface area contributed by atoms with Crippen molar-refractivity contribution in [3.63, 3.8) is 0 Å². The molecule has 0 N–H and O–H groups in total. The Morgan fingerprint density at radius 1 is 1.00 bits per heavy atom. The van der Waals surface area contributed by atoms with E-state index in [2.05, 4.69) is 17.9 Å². The number of rotatable bonds is 6. The van der Waals surface area contributed by atoms with Crippen molar-refractivity contribution >= 4 is 17.1 Å². The van der Waals surface area contributed by atoms with Crippen molar-refractivity contribution in [1.82, 2.24) is 4.90 Å². The van der Waals surface area contributed by atoms with Gasteiger partial charge in [0.15, 0.2) is 0 Å². The molecule has 9 nitrogen and oxygen atoms in total. The van der Waals surface area contributed by atoms with E-state index in [1.165, 1.54) is 12.1 Å². The third-order valence-corrected chi connectivity index (χ3v) is 5.15. The molecule has 3 rings (SSSR count). The molecule has 1 fully saturated rings. The average molecular weight is 386 g/mol. The molecule has 28 heavy (non-hydrogen) atoms. The zero-order chi connectivity index (χ0) is 20.3. The fourth-order valence-electron chi connectivity index (χ4n) is 3.50. The van der Waals surface area contributed by atoms with Crippen LogP contribution in [0.3, 0.4) is 0 Å². The molecule has 0 aliphatic carbocycles. The predicted molar refractivity (Wildman–Crippen MR) is 105 cm³/mol. The van der Waals surface area contributed by atoms with Crippen LogP contribution >= 0.6 is 0 Å². The normalized spacial score (nSPS) is 15.9.